The number of nitrogens with zero attached hydrogens (tertiary/aromatic N) is 3. The monoisotopic (exact) mass is 493 g/mol. The van der Waals surface area contributed by atoms with E-state index in [2.05, 4.69) is 97.1 Å². The second-order valence-electron chi connectivity index (χ2n) is 8.24. The van der Waals surface area contributed by atoms with Crippen LogP contribution < -0.4 is 28.3 Å². The molecule has 0 saturated carbocycles. The molecule has 0 N–H and O–H groups in total. The third kappa shape index (κ3) is 4.52. The molecule has 0 radical (unpaired) electrons. The van der Waals surface area contributed by atoms with Crippen LogP contribution in [0, 0.1) is 18.3 Å². The standard InChI is InChI=1S/C30H25N3P.ClH/c1-24-29(22-31)30(33(32-24)25-14-6-2-7-15-25)23-34(26-16-8-3-9-17-26,27-18-10-4-11-19-27)28-20-12-5-13-21-28;/h2-21H,23H2,1H3;1H/q+1;/p-1. The number of aryl methyl sites for hydroxylation is 1. The Labute approximate surface area is 213 Å². The highest BCUT2D eigenvalue weighted by Crippen LogP contribution is 2.58. The van der Waals surface area contributed by atoms with Crippen LogP contribution in [0.3, 0.4) is 0 Å². The lowest BCUT2D eigenvalue weighted by atomic mass is 10.2. The molecule has 5 rings (SSSR count). The van der Waals surface area contributed by atoms with Crippen LogP contribution in [0.1, 0.15) is 17.0 Å². The van der Waals surface area contributed by atoms with E-state index in [-0.39, 0.29) is 12.4 Å². The normalized spacial score (nSPS) is 10.9. The van der Waals surface area contributed by atoms with E-state index < -0.39 is 7.26 Å². The van der Waals surface area contributed by atoms with E-state index in [1.54, 1.807) is 0 Å². The average molecular weight is 494 g/mol. The van der Waals surface area contributed by atoms with Crippen molar-refractivity contribution < 1.29 is 12.4 Å². The summed E-state index contributed by atoms with van der Waals surface area (Å²) in [6, 6.07) is 44.8. The lowest BCUT2D eigenvalue weighted by Crippen LogP contribution is -3.00. The Morgan fingerprint density at radius 2 is 1.09 bits per heavy atom. The van der Waals surface area contributed by atoms with Gasteiger partial charge in [0.1, 0.15) is 46.7 Å². The van der Waals surface area contributed by atoms with Crippen LogP contribution in [0.15, 0.2) is 121 Å². The Kier molecular flexibility index (Phi) is 7.47. The van der Waals surface area contributed by atoms with Crippen molar-refractivity contribution in [3.8, 4) is 11.8 Å². The molecule has 5 aromatic rings. The lowest BCUT2D eigenvalue weighted by Gasteiger charge is -2.28. The van der Waals surface area contributed by atoms with Crippen molar-refractivity contribution in [2.45, 2.75) is 13.1 Å². The molecule has 0 spiro atoms. The molecule has 0 aliphatic carbocycles. The molecular weight excluding hydrogens is 469 g/mol. The van der Waals surface area contributed by atoms with E-state index in [9.17, 15) is 5.26 Å². The second kappa shape index (κ2) is 10.7. The van der Waals surface area contributed by atoms with Gasteiger partial charge in [-0.3, -0.25) is 0 Å². The Balaban J connectivity index is 0.00000289. The number of benzene rings is 4. The molecule has 35 heavy (non-hydrogen) atoms. The molecule has 1 heterocycles. The summed E-state index contributed by atoms with van der Waals surface area (Å²) in [6.45, 7) is 1.93. The van der Waals surface area contributed by atoms with Crippen molar-refractivity contribution in [1.82, 2.24) is 9.78 Å². The first-order valence-electron chi connectivity index (χ1n) is 11.3. The summed E-state index contributed by atoms with van der Waals surface area (Å²) in [7, 11) is -2.16. The number of hydrogen-bond donors (Lipinski definition) is 0. The SMILES string of the molecule is Cc1nn(-c2ccccc2)c(C[P+](c2ccccc2)(c2ccccc2)c2ccccc2)c1C#N.[Cl-]. The largest absolute Gasteiger partial charge is 1.00 e. The first-order valence-corrected chi connectivity index (χ1v) is 13.3. The zero-order chi connectivity index (χ0) is 23.4. The molecule has 0 atom stereocenters. The van der Waals surface area contributed by atoms with Crippen LogP contribution in [0.2, 0.25) is 0 Å². The number of rotatable bonds is 6. The third-order valence-electron chi connectivity index (χ3n) is 6.25. The predicted molar refractivity (Wildman–Crippen MR) is 142 cm³/mol. The maximum atomic E-state index is 10.2. The first kappa shape index (κ1) is 24.4. The van der Waals surface area contributed by atoms with E-state index >= 15 is 0 Å². The quantitative estimate of drug-likeness (QED) is 0.341. The van der Waals surface area contributed by atoms with Crippen molar-refractivity contribution in [2.75, 3.05) is 0 Å². The Morgan fingerprint density at radius 3 is 1.49 bits per heavy atom. The lowest BCUT2D eigenvalue weighted by molar-refractivity contribution is -0.00000700. The van der Waals surface area contributed by atoms with Crippen LogP contribution in [-0.2, 0) is 6.16 Å². The summed E-state index contributed by atoms with van der Waals surface area (Å²) < 4.78 is 1.97. The van der Waals surface area contributed by atoms with E-state index in [1.165, 1.54) is 15.9 Å². The van der Waals surface area contributed by atoms with Gasteiger partial charge < -0.3 is 12.4 Å². The molecule has 0 bridgehead atoms. The summed E-state index contributed by atoms with van der Waals surface area (Å²) in [5, 5.41) is 18.9. The van der Waals surface area contributed by atoms with Crippen LogP contribution >= 0.6 is 7.26 Å². The smallest absolute Gasteiger partial charge is 0.118 e. The number of aromatic nitrogens is 2. The van der Waals surface area contributed by atoms with Crippen LogP contribution in [-0.4, -0.2) is 9.78 Å². The fourth-order valence-corrected chi connectivity index (χ4v) is 8.87. The number of halogens is 1. The topological polar surface area (TPSA) is 41.6 Å². The molecule has 0 aliphatic heterocycles. The van der Waals surface area contributed by atoms with E-state index in [1.807, 2.05) is 41.9 Å². The van der Waals surface area contributed by atoms with Gasteiger partial charge in [-0.1, -0.05) is 72.8 Å². The highest BCUT2D eigenvalue weighted by Gasteiger charge is 2.47. The van der Waals surface area contributed by atoms with Gasteiger partial charge in [-0.05, 0) is 55.5 Å². The highest BCUT2D eigenvalue weighted by molar-refractivity contribution is 7.95. The van der Waals surface area contributed by atoms with Crippen LogP contribution in [0.5, 0.6) is 0 Å². The minimum Gasteiger partial charge on any atom is -1.00 e. The predicted octanol–water partition coefficient (Wildman–Crippen LogP) is 2.55. The van der Waals surface area contributed by atoms with Crippen molar-refractivity contribution in [3.05, 3.63) is 138 Å². The van der Waals surface area contributed by atoms with E-state index in [0.29, 0.717) is 11.7 Å². The summed E-state index contributed by atoms with van der Waals surface area (Å²) in [4.78, 5) is 0. The minimum atomic E-state index is -2.16. The van der Waals surface area contributed by atoms with Gasteiger partial charge in [0.2, 0.25) is 0 Å². The molecule has 0 unspecified atom stereocenters. The number of para-hydroxylation sites is 1. The van der Waals surface area contributed by atoms with Gasteiger partial charge in [0, 0.05) is 0 Å². The second-order valence-corrected chi connectivity index (χ2v) is 11.7. The van der Waals surface area contributed by atoms with Crippen LogP contribution in [0.4, 0.5) is 0 Å². The number of hydrogen-bond acceptors (Lipinski definition) is 2. The highest BCUT2D eigenvalue weighted by atomic mass is 35.5. The Bertz CT molecular complexity index is 1330. The van der Waals surface area contributed by atoms with Gasteiger partial charge in [-0.25, -0.2) is 4.68 Å². The zero-order valence-electron chi connectivity index (χ0n) is 19.4. The van der Waals surface area contributed by atoms with Gasteiger partial charge in [0.15, 0.2) is 0 Å². The van der Waals surface area contributed by atoms with Gasteiger partial charge in [-0.15, -0.1) is 0 Å². The van der Waals surface area contributed by atoms with Gasteiger partial charge in [0.25, 0.3) is 0 Å². The summed E-state index contributed by atoms with van der Waals surface area (Å²) in [5.41, 5.74) is 3.34. The molecule has 5 heteroatoms. The summed E-state index contributed by atoms with van der Waals surface area (Å²) in [6.07, 6.45) is 0.698. The first-order chi connectivity index (χ1) is 16.7. The molecule has 0 saturated heterocycles. The molecule has 172 valence electrons. The van der Waals surface area contributed by atoms with E-state index in [4.69, 9.17) is 5.10 Å². The maximum Gasteiger partial charge on any atom is 0.118 e. The van der Waals surface area contributed by atoms with Crippen molar-refractivity contribution in [1.29, 1.82) is 5.26 Å². The molecule has 0 aliphatic rings. The summed E-state index contributed by atoms with van der Waals surface area (Å²) >= 11 is 0. The molecule has 0 amide bonds. The molecule has 3 nitrogen and oxygen atoms in total. The zero-order valence-corrected chi connectivity index (χ0v) is 21.1. The van der Waals surface area contributed by atoms with Gasteiger partial charge in [-0.2, -0.15) is 10.4 Å². The number of nitriles is 1. The van der Waals surface area contributed by atoms with Gasteiger partial charge >= 0.3 is 0 Å². The molecule has 0 fully saturated rings. The van der Waals surface area contributed by atoms with Crippen molar-refractivity contribution >= 4 is 23.2 Å². The van der Waals surface area contributed by atoms with Crippen molar-refractivity contribution in [2.24, 2.45) is 0 Å². The maximum absolute atomic E-state index is 10.2. The fourth-order valence-electron chi connectivity index (χ4n) is 4.64. The Morgan fingerprint density at radius 1 is 0.686 bits per heavy atom. The van der Waals surface area contributed by atoms with E-state index in [0.717, 1.165) is 17.1 Å². The fraction of sp³-hybridized carbons (Fsp3) is 0.0667. The third-order valence-corrected chi connectivity index (χ3v) is 10.6. The van der Waals surface area contributed by atoms with Crippen LogP contribution in [0.25, 0.3) is 5.69 Å². The average Bonchev–Trinajstić information content (AvgIpc) is 3.23. The summed E-state index contributed by atoms with van der Waals surface area (Å²) in [5.74, 6) is 0. The van der Waals surface area contributed by atoms with Crippen molar-refractivity contribution in [3.63, 3.8) is 0 Å². The molecular formula is C30H25ClN3P. The Hall–Kier alpha value is -3.70. The molecule has 1 aromatic heterocycles. The molecule has 4 aromatic carbocycles. The van der Waals surface area contributed by atoms with Gasteiger partial charge in [0.05, 0.1) is 11.4 Å². The minimum absolute atomic E-state index is 0.